The summed E-state index contributed by atoms with van der Waals surface area (Å²) in [6.07, 6.45) is 3.17. The van der Waals surface area contributed by atoms with Gasteiger partial charge in [0.1, 0.15) is 0 Å². The van der Waals surface area contributed by atoms with E-state index >= 15 is 0 Å². The third-order valence-corrected chi connectivity index (χ3v) is 6.50. The summed E-state index contributed by atoms with van der Waals surface area (Å²) in [4.78, 5) is 29.2. The van der Waals surface area contributed by atoms with Crippen molar-refractivity contribution in [2.45, 2.75) is 38.9 Å². The molecule has 3 amide bonds. The van der Waals surface area contributed by atoms with Crippen molar-refractivity contribution in [1.82, 2.24) is 25.3 Å². The first-order chi connectivity index (χ1) is 17.7. The molecule has 0 aliphatic carbocycles. The molecule has 194 valence electrons. The first-order valence-corrected chi connectivity index (χ1v) is 12.4. The maximum atomic E-state index is 13.5. The molecule has 0 radical (unpaired) electrons. The molecule has 9 heteroatoms. The van der Waals surface area contributed by atoms with Crippen LogP contribution in [-0.4, -0.2) is 52.6 Å². The van der Waals surface area contributed by atoms with E-state index in [9.17, 15) is 9.59 Å². The lowest BCUT2D eigenvalue weighted by atomic mass is 10.0. The van der Waals surface area contributed by atoms with Crippen LogP contribution in [0.3, 0.4) is 0 Å². The molecule has 1 aliphatic heterocycles. The van der Waals surface area contributed by atoms with E-state index in [0.29, 0.717) is 24.6 Å². The fraction of sp³-hybridized carbons (Fsp3) is 0.321. The van der Waals surface area contributed by atoms with E-state index in [1.54, 1.807) is 13.0 Å². The van der Waals surface area contributed by atoms with Crippen LogP contribution in [0.15, 0.2) is 66.7 Å². The van der Waals surface area contributed by atoms with Crippen molar-refractivity contribution >= 4 is 29.1 Å². The minimum absolute atomic E-state index is 0.127. The number of urea groups is 1. The number of rotatable bonds is 8. The van der Waals surface area contributed by atoms with Crippen molar-refractivity contribution in [2.75, 3.05) is 31.3 Å². The summed E-state index contributed by atoms with van der Waals surface area (Å²) >= 11 is 0. The summed E-state index contributed by atoms with van der Waals surface area (Å²) in [6.45, 7) is 6.95. The lowest BCUT2D eigenvalue weighted by Crippen LogP contribution is -2.48. The van der Waals surface area contributed by atoms with Gasteiger partial charge in [0.25, 0.3) is 0 Å². The number of amides is 3. The highest BCUT2D eigenvalue weighted by atomic mass is 16.2. The third kappa shape index (κ3) is 5.83. The van der Waals surface area contributed by atoms with Gasteiger partial charge in [-0.3, -0.25) is 9.89 Å². The van der Waals surface area contributed by atoms with Gasteiger partial charge in [-0.25, -0.2) is 4.79 Å². The molecule has 2 aromatic carbocycles. The average Bonchev–Trinajstić information content (AvgIpc) is 3.38. The molecule has 4 rings (SSSR count). The zero-order valence-corrected chi connectivity index (χ0v) is 22.0. The van der Waals surface area contributed by atoms with Crippen LogP contribution in [0.25, 0.3) is 0 Å². The number of fused-ring (bicyclic) bond motifs is 1. The van der Waals surface area contributed by atoms with E-state index in [1.165, 1.54) is 6.08 Å². The number of aromatic nitrogens is 2. The summed E-state index contributed by atoms with van der Waals surface area (Å²) in [5.41, 5.74) is 3.89. The molecule has 4 N–H and O–H groups in total. The molecule has 9 nitrogen and oxygen atoms in total. The number of anilines is 3. The van der Waals surface area contributed by atoms with E-state index in [2.05, 4.69) is 31.0 Å². The van der Waals surface area contributed by atoms with Gasteiger partial charge in [0, 0.05) is 23.5 Å². The second-order valence-electron chi connectivity index (χ2n) is 9.94. The smallest absolute Gasteiger partial charge is 0.319 e. The molecular formula is C28H35N7O2. The standard InChI is InChI=1S/C28H35N7O2/c1-6-10-24(36)29-20-13-15-21(16-14-20)30-26-22-17-35(28(2,3)25(22)32-33-26)27(37)31-23(18-34(4)5)19-11-8-7-9-12-19/h6-16,23H,17-18H2,1-5H3,(H,29,36)(H,31,37)(H2,30,32,33)/b10-6+/t23-/m1/s1. The Hall–Kier alpha value is -4.11. The Bertz CT molecular complexity index is 1260. The fourth-order valence-electron chi connectivity index (χ4n) is 4.57. The summed E-state index contributed by atoms with van der Waals surface area (Å²) < 4.78 is 0. The average molecular weight is 502 g/mol. The SMILES string of the molecule is C/C=C/C(=O)Nc1ccc(Nc2n[nH]c3c2CN(C(=O)N[C@H](CN(C)C)c2ccccc2)C3(C)C)cc1. The topological polar surface area (TPSA) is 105 Å². The second-order valence-corrected chi connectivity index (χ2v) is 9.94. The van der Waals surface area contributed by atoms with Gasteiger partial charge in [0.15, 0.2) is 5.82 Å². The molecule has 2 heterocycles. The lowest BCUT2D eigenvalue weighted by Gasteiger charge is -2.34. The minimum atomic E-state index is -0.563. The van der Waals surface area contributed by atoms with E-state index in [1.807, 2.05) is 87.4 Å². The number of likely N-dealkylation sites (N-methyl/N-ethyl adjacent to an activating group) is 1. The molecule has 0 unspecified atom stereocenters. The summed E-state index contributed by atoms with van der Waals surface area (Å²) in [6, 6.07) is 17.2. The zero-order valence-electron chi connectivity index (χ0n) is 22.0. The van der Waals surface area contributed by atoms with Gasteiger partial charge >= 0.3 is 6.03 Å². The van der Waals surface area contributed by atoms with Crippen molar-refractivity contribution in [3.8, 4) is 0 Å². The van der Waals surface area contributed by atoms with Crippen LogP contribution in [0.5, 0.6) is 0 Å². The molecule has 0 fully saturated rings. The maximum Gasteiger partial charge on any atom is 0.319 e. The van der Waals surface area contributed by atoms with Crippen LogP contribution < -0.4 is 16.0 Å². The van der Waals surface area contributed by atoms with Crippen LogP contribution >= 0.6 is 0 Å². The van der Waals surface area contributed by atoms with Crippen LogP contribution in [0.4, 0.5) is 22.0 Å². The number of hydrogen-bond donors (Lipinski definition) is 4. The van der Waals surface area contributed by atoms with Crippen molar-refractivity contribution in [1.29, 1.82) is 0 Å². The highest BCUT2D eigenvalue weighted by molar-refractivity contribution is 5.99. The Morgan fingerprint density at radius 1 is 1.11 bits per heavy atom. The number of nitrogens with one attached hydrogen (secondary N) is 4. The van der Waals surface area contributed by atoms with Gasteiger partial charge in [-0.1, -0.05) is 36.4 Å². The van der Waals surface area contributed by atoms with E-state index < -0.39 is 5.54 Å². The number of aromatic amines is 1. The van der Waals surface area contributed by atoms with Crippen molar-refractivity contribution in [3.63, 3.8) is 0 Å². The Morgan fingerprint density at radius 2 is 1.78 bits per heavy atom. The highest BCUT2D eigenvalue weighted by Crippen LogP contribution is 2.41. The second kappa shape index (κ2) is 10.9. The molecular weight excluding hydrogens is 466 g/mol. The van der Waals surface area contributed by atoms with Crippen molar-refractivity contribution in [3.05, 3.63) is 83.6 Å². The molecule has 0 saturated heterocycles. The van der Waals surface area contributed by atoms with Gasteiger partial charge in [-0.2, -0.15) is 5.10 Å². The third-order valence-electron chi connectivity index (χ3n) is 6.50. The number of nitrogens with zero attached hydrogens (tertiary/aromatic N) is 3. The van der Waals surface area contributed by atoms with Gasteiger partial charge in [-0.05, 0) is 70.8 Å². The quantitative estimate of drug-likeness (QED) is 0.334. The Balaban J connectivity index is 1.48. The van der Waals surface area contributed by atoms with Crippen LogP contribution in [0.1, 0.15) is 43.6 Å². The first kappa shape index (κ1) is 26.0. The Labute approximate surface area is 217 Å². The molecule has 0 bridgehead atoms. The van der Waals surface area contributed by atoms with Gasteiger partial charge in [-0.15, -0.1) is 0 Å². The molecule has 3 aromatic rings. The van der Waals surface area contributed by atoms with Crippen molar-refractivity contribution < 1.29 is 9.59 Å². The highest BCUT2D eigenvalue weighted by Gasteiger charge is 2.44. The normalized spacial score (nSPS) is 15.0. The molecule has 1 atom stereocenters. The zero-order chi connectivity index (χ0) is 26.6. The minimum Gasteiger partial charge on any atom is -0.338 e. The number of carbonyl (C=O) groups is 2. The van der Waals surface area contributed by atoms with Gasteiger partial charge in [0.05, 0.1) is 23.8 Å². The lowest BCUT2D eigenvalue weighted by molar-refractivity contribution is -0.111. The van der Waals surface area contributed by atoms with Crippen molar-refractivity contribution in [2.24, 2.45) is 0 Å². The van der Waals surface area contributed by atoms with Gasteiger partial charge < -0.3 is 25.8 Å². The van der Waals surface area contributed by atoms with Crippen LogP contribution in [-0.2, 0) is 16.9 Å². The molecule has 1 aliphatic rings. The molecule has 0 saturated carbocycles. The monoisotopic (exact) mass is 501 g/mol. The summed E-state index contributed by atoms with van der Waals surface area (Å²) in [7, 11) is 4.00. The predicted octanol–water partition coefficient (Wildman–Crippen LogP) is 4.73. The number of allylic oxidation sites excluding steroid dienone is 1. The Morgan fingerprint density at radius 3 is 2.43 bits per heavy atom. The number of carbonyl (C=O) groups excluding carboxylic acids is 2. The largest absolute Gasteiger partial charge is 0.338 e. The first-order valence-electron chi connectivity index (χ1n) is 12.4. The summed E-state index contributed by atoms with van der Waals surface area (Å²) in [5.74, 6) is 0.506. The van der Waals surface area contributed by atoms with E-state index in [-0.39, 0.29) is 18.0 Å². The van der Waals surface area contributed by atoms with Gasteiger partial charge in [0.2, 0.25) is 5.91 Å². The van der Waals surface area contributed by atoms with E-state index in [4.69, 9.17) is 0 Å². The summed E-state index contributed by atoms with van der Waals surface area (Å²) in [5, 5.41) is 17.0. The van der Waals surface area contributed by atoms with Crippen LogP contribution in [0.2, 0.25) is 0 Å². The molecule has 37 heavy (non-hydrogen) atoms. The maximum absolute atomic E-state index is 13.5. The molecule has 1 aromatic heterocycles. The number of benzene rings is 2. The van der Waals surface area contributed by atoms with Crippen LogP contribution in [0, 0.1) is 0 Å². The molecule has 0 spiro atoms. The Kier molecular flexibility index (Phi) is 7.63. The predicted molar refractivity (Wildman–Crippen MR) is 147 cm³/mol. The number of H-pyrrole nitrogens is 1. The fourth-order valence-corrected chi connectivity index (χ4v) is 4.57. The van der Waals surface area contributed by atoms with E-state index in [0.717, 1.165) is 22.5 Å². The number of hydrogen-bond acceptors (Lipinski definition) is 5.